The lowest BCUT2D eigenvalue weighted by molar-refractivity contribution is -0.145. The highest BCUT2D eigenvalue weighted by atomic mass is 16.6. The van der Waals surface area contributed by atoms with E-state index < -0.39 is 35.8 Å². The van der Waals surface area contributed by atoms with Crippen molar-refractivity contribution in [1.82, 2.24) is 4.90 Å². The van der Waals surface area contributed by atoms with Gasteiger partial charge in [0.2, 0.25) is 0 Å². The van der Waals surface area contributed by atoms with Crippen LogP contribution in [0.4, 0.5) is 4.79 Å². The zero-order valence-corrected chi connectivity index (χ0v) is 20.0. The zero-order valence-electron chi connectivity index (χ0n) is 20.0. The molecule has 8 nitrogen and oxygen atoms in total. The Kier molecular flexibility index (Phi) is 7.78. The van der Waals surface area contributed by atoms with Crippen LogP contribution in [-0.2, 0) is 19.0 Å². The van der Waals surface area contributed by atoms with Gasteiger partial charge in [0.05, 0.1) is 30.9 Å². The highest BCUT2D eigenvalue weighted by Gasteiger charge is 2.43. The Morgan fingerprint density at radius 1 is 0.943 bits per heavy atom. The summed E-state index contributed by atoms with van der Waals surface area (Å²) >= 11 is 0. The molecule has 8 heteroatoms. The number of carbonyl (C=O) groups is 3. The van der Waals surface area contributed by atoms with E-state index in [4.69, 9.17) is 19.5 Å². The number of ether oxygens (including phenoxy) is 3. The number of benzene rings is 2. The van der Waals surface area contributed by atoms with Crippen molar-refractivity contribution in [3.05, 3.63) is 70.8 Å². The van der Waals surface area contributed by atoms with Crippen LogP contribution in [0.15, 0.2) is 48.5 Å². The Labute approximate surface area is 204 Å². The molecule has 0 aromatic heterocycles. The Morgan fingerprint density at radius 2 is 1.49 bits per heavy atom. The van der Waals surface area contributed by atoms with E-state index >= 15 is 0 Å². The van der Waals surface area contributed by atoms with Gasteiger partial charge in [0.25, 0.3) is 0 Å². The molecule has 35 heavy (non-hydrogen) atoms. The van der Waals surface area contributed by atoms with Gasteiger partial charge in [-0.25, -0.2) is 14.4 Å². The summed E-state index contributed by atoms with van der Waals surface area (Å²) in [6.07, 6.45) is -1.24. The second-order valence-corrected chi connectivity index (χ2v) is 8.95. The van der Waals surface area contributed by atoms with Gasteiger partial charge in [0, 0.05) is 17.5 Å². The molecule has 2 aromatic carbocycles. The summed E-state index contributed by atoms with van der Waals surface area (Å²) in [7, 11) is 1.24. The predicted molar refractivity (Wildman–Crippen MR) is 126 cm³/mol. The molecule has 0 spiro atoms. The van der Waals surface area contributed by atoms with Gasteiger partial charge in [-0.2, -0.15) is 5.26 Å². The van der Waals surface area contributed by atoms with E-state index in [0.717, 1.165) is 5.56 Å². The second-order valence-electron chi connectivity index (χ2n) is 8.95. The van der Waals surface area contributed by atoms with Crippen molar-refractivity contribution in [1.29, 1.82) is 5.26 Å². The third kappa shape index (κ3) is 6.84. The zero-order chi connectivity index (χ0) is 25.6. The molecule has 0 radical (unpaired) electrons. The number of hydrogen-bond acceptors (Lipinski definition) is 7. The molecule has 3 rings (SSSR count). The van der Waals surface area contributed by atoms with Crippen LogP contribution in [-0.4, -0.2) is 54.3 Å². The Morgan fingerprint density at radius 3 is 2.00 bits per heavy atom. The van der Waals surface area contributed by atoms with Gasteiger partial charge in [-0.3, -0.25) is 4.90 Å². The first kappa shape index (κ1) is 25.3. The summed E-state index contributed by atoms with van der Waals surface area (Å²) in [5.41, 5.74) is 1.61. The molecule has 1 amide bonds. The molecule has 1 saturated heterocycles. The molecule has 0 bridgehead atoms. The molecular weight excluding hydrogens is 448 g/mol. The number of nitrogens with zero attached hydrogens (tertiary/aromatic N) is 2. The van der Waals surface area contributed by atoms with Crippen LogP contribution in [0, 0.1) is 23.2 Å². The van der Waals surface area contributed by atoms with Gasteiger partial charge in [-0.1, -0.05) is 11.8 Å². The lowest BCUT2D eigenvalue weighted by atomic mass is 10.1. The van der Waals surface area contributed by atoms with Crippen molar-refractivity contribution >= 4 is 18.0 Å². The minimum atomic E-state index is -0.896. The van der Waals surface area contributed by atoms with E-state index in [9.17, 15) is 14.4 Å². The molecule has 0 saturated carbocycles. The second kappa shape index (κ2) is 10.8. The van der Waals surface area contributed by atoms with Gasteiger partial charge in [0.15, 0.2) is 0 Å². The van der Waals surface area contributed by atoms with Crippen LogP contribution in [0.2, 0.25) is 0 Å². The molecule has 0 aliphatic carbocycles. The maximum atomic E-state index is 12.7. The van der Waals surface area contributed by atoms with Crippen molar-refractivity contribution in [3.63, 3.8) is 0 Å². The summed E-state index contributed by atoms with van der Waals surface area (Å²) in [4.78, 5) is 38.6. The largest absolute Gasteiger partial charge is 0.467 e. The maximum Gasteiger partial charge on any atom is 0.411 e. The van der Waals surface area contributed by atoms with E-state index in [-0.39, 0.29) is 13.0 Å². The van der Waals surface area contributed by atoms with E-state index in [2.05, 4.69) is 17.9 Å². The molecule has 1 aliphatic heterocycles. The van der Waals surface area contributed by atoms with E-state index in [0.29, 0.717) is 16.7 Å². The Hall–Kier alpha value is -4.30. The quantitative estimate of drug-likeness (QED) is 0.380. The van der Waals surface area contributed by atoms with Gasteiger partial charge < -0.3 is 14.2 Å². The van der Waals surface area contributed by atoms with E-state index in [1.54, 1.807) is 69.3 Å². The third-order valence-electron chi connectivity index (χ3n) is 5.12. The van der Waals surface area contributed by atoms with E-state index in [1.165, 1.54) is 12.0 Å². The number of likely N-dealkylation sites (tertiary alicyclic amines) is 1. The number of hydrogen-bond donors (Lipinski definition) is 0. The molecule has 2 atom stereocenters. The molecule has 0 unspecified atom stereocenters. The van der Waals surface area contributed by atoms with Gasteiger partial charge in [0.1, 0.15) is 17.7 Å². The number of nitriles is 1. The SMILES string of the molecule is COC(=O)[C@@H]1C[C@@H](OC(=O)c2ccc(C#Cc3ccc(C#N)cc3)cc2)CN1C(=O)OC(C)(C)C. The van der Waals surface area contributed by atoms with E-state index in [1.807, 2.05) is 0 Å². The fourth-order valence-electron chi connectivity index (χ4n) is 3.45. The summed E-state index contributed by atoms with van der Waals surface area (Å²) in [5.74, 6) is 4.84. The lowest BCUT2D eigenvalue weighted by Gasteiger charge is -2.27. The van der Waals surface area contributed by atoms with Crippen LogP contribution in [0.25, 0.3) is 0 Å². The molecule has 1 fully saturated rings. The third-order valence-corrected chi connectivity index (χ3v) is 5.12. The van der Waals surface area contributed by atoms with Crippen molar-refractivity contribution in [3.8, 4) is 17.9 Å². The van der Waals surface area contributed by atoms with Crippen LogP contribution < -0.4 is 0 Å². The van der Waals surface area contributed by atoms with Crippen molar-refractivity contribution < 1.29 is 28.6 Å². The first-order valence-corrected chi connectivity index (χ1v) is 11.0. The average molecular weight is 475 g/mol. The number of rotatable bonds is 3. The summed E-state index contributed by atoms with van der Waals surface area (Å²) < 4.78 is 15.7. The lowest BCUT2D eigenvalue weighted by Crippen LogP contribution is -2.44. The first-order valence-electron chi connectivity index (χ1n) is 11.0. The Bertz CT molecular complexity index is 1190. The van der Waals surface area contributed by atoms with Crippen LogP contribution in [0.1, 0.15) is 54.2 Å². The van der Waals surface area contributed by atoms with Crippen molar-refractivity contribution in [2.75, 3.05) is 13.7 Å². The minimum absolute atomic E-state index is 0.0224. The molecule has 180 valence electrons. The number of carbonyl (C=O) groups excluding carboxylic acids is 3. The maximum absolute atomic E-state index is 12.7. The smallest absolute Gasteiger partial charge is 0.411 e. The monoisotopic (exact) mass is 474 g/mol. The van der Waals surface area contributed by atoms with Crippen LogP contribution in [0.5, 0.6) is 0 Å². The highest BCUT2D eigenvalue weighted by Crippen LogP contribution is 2.25. The van der Waals surface area contributed by atoms with Gasteiger partial charge in [-0.15, -0.1) is 0 Å². The van der Waals surface area contributed by atoms with Gasteiger partial charge >= 0.3 is 18.0 Å². The van der Waals surface area contributed by atoms with Gasteiger partial charge in [-0.05, 0) is 69.3 Å². The molecular formula is C27H26N2O6. The standard InChI is InChI=1S/C27H26N2O6/c1-27(2,3)35-26(32)29-17-22(15-23(29)25(31)33-4)34-24(30)21-13-11-19(12-14-21)6-5-18-7-9-20(16-28)10-8-18/h7-14,22-23H,15,17H2,1-4H3/t22-,23+/m1/s1. The van der Waals surface area contributed by atoms with Crippen molar-refractivity contribution in [2.24, 2.45) is 0 Å². The topological polar surface area (TPSA) is 106 Å². The summed E-state index contributed by atoms with van der Waals surface area (Å²) in [6.45, 7) is 5.20. The number of esters is 2. The molecule has 1 heterocycles. The fraction of sp³-hybridized carbons (Fsp3) is 0.333. The highest BCUT2D eigenvalue weighted by molar-refractivity contribution is 5.90. The minimum Gasteiger partial charge on any atom is -0.467 e. The van der Waals surface area contributed by atoms with Crippen LogP contribution in [0.3, 0.4) is 0 Å². The summed E-state index contributed by atoms with van der Waals surface area (Å²) in [6, 6.07) is 14.7. The predicted octanol–water partition coefficient (Wildman–Crippen LogP) is 3.67. The first-order chi connectivity index (χ1) is 16.6. The molecule has 2 aromatic rings. The number of amides is 1. The number of methoxy groups -OCH3 is 1. The molecule has 0 N–H and O–H groups in total. The van der Waals surface area contributed by atoms with Crippen molar-refractivity contribution in [2.45, 2.75) is 44.9 Å². The normalized spacial score (nSPS) is 16.9. The average Bonchev–Trinajstić information content (AvgIpc) is 3.26. The Balaban J connectivity index is 1.64. The van der Waals surface area contributed by atoms with Crippen LogP contribution >= 0.6 is 0 Å². The molecule has 1 aliphatic rings. The summed E-state index contributed by atoms with van der Waals surface area (Å²) in [5, 5.41) is 8.86. The fourth-order valence-corrected chi connectivity index (χ4v) is 3.45.